The van der Waals surface area contributed by atoms with Gasteiger partial charge in [0.2, 0.25) is 10.0 Å². The molecule has 0 aliphatic rings. The minimum Gasteiger partial charge on any atom is -0.476 e. The Morgan fingerprint density at radius 1 is 1.35 bits per heavy atom. The number of benzene rings is 1. The highest BCUT2D eigenvalue weighted by atomic mass is 32.2. The number of carbonyl (C=O) groups is 1. The van der Waals surface area contributed by atoms with Gasteiger partial charge in [0.25, 0.3) is 0 Å². The van der Waals surface area contributed by atoms with E-state index in [1.165, 1.54) is 23.5 Å². The second-order valence-corrected chi connectivity index (χ2v) is 6.66. The molecule has 0 fully saturated rings. The Labute approximate surface area is 119 Å². The molecule has 2 rings (SSSR count). The molecule has 1 heterocycles. The van der Waals surface area contributed by atoms with Crippen LogP contribution in [0.3, 0.4) is 0 Å². The van der Waals surface area contributed by atoms with E-state index >= 15 is 0 Å². The number of hydrogen-bond acceptors (Lipinski definition) is 5. The molecule has 0 aliphatic carbocycles. The van der Waals surface area contributed by atoms with Crippen molar-refractivity contribution in [2.24, 2.45) is 5.14 Å². The Morgan fingerprint density at radius 2 is 1.95 bits per heavy atom. The third-order valence-electron chi connectivity index (χ3n) is 2.65. The normalized spacial score (nSPS) is 11.5. The van der Waals surface area contributed by atoms with E-state index in [1.807, 2.05) is 6.92 Å². The maximum Gasteiger partial charge on any atom is 0.355 e. The third-order valence-corrected chi connectivity index (χ3v) is 4.83. The van der Waals surface area contributed by atoms with Crippen LogP contribution < -0.4 is 5.14 Å². The fourth-order valence-electron chi connectivity index (χ4n) is 1.67. The number of carboxylic acid groups (broad SMARTS) is 1. The van der Waals surface area contributed by atoms with Crippen LogP contribution in [0.1, 0.15) is 22.3 Å². The molecule has 0 amide bonds. The number of aryl methyl sites for hydroxylation is 1. The van der Waals surface area contributed by atoms with Crippen molar-refractivity contribution in [3.63, 3.8) is 0 Å². The molecule has 0 saturated heterocycles. The predicted octanol–water partition coefficient (Wildman–Crippen LogP) is 1.72. The molecule has 20 heavy (non-hydrogen) atoms. The first-order valence-corrected chi connectivity index (χ1v) is 8.05. The van der Waals surface area contributed by atoms with Crippen molar-refractivity contribution in [3.8, 4) is 10.6 Å². The largest absolute Gasteiger partial charge is 0.476 e. The molecule has 0 aliphatic heterocycles. The van der Waals surface area contributed by atoms with Gasteiger partial charge in [-0.1, -0.05) is 19.1 Å². The smallest absolute Gasteiger partial charge is 0.355 e. The van der Waals surface area contributed by atoms with Crippen LogP contribution >= 0.6 is 11.3 Å². The van der Waals surface area contributed by atoms with E-state index < -0.39 is 16.0 Å². The highest BCUT2D eigenvalue weighted by Gasteiger charge is 2.17. The predicted molar refractivity (Wildman–Crippen MR) is 75.3 cm³/mol. The Balaban J connectivity index is 2.45. The Hall–Kier alpha value is -1.77. The van der Waals surface area contributed by atoms with E-state index in [-0.39, 0.29) is 10.6 Å². The van der Waals surface area contributed by atoms with Gasteiger partial charge in [0.1, 0.15) is 5.01 Å². The maximum absolute atomic E-state index is 11.2. The number of primary sulfonamides is 1. The average Bonchev–Trinajstić information content (AvgIpc) is 2.82. The van der Waals surface area contributed by atoms with Gasteiger partial charge >= 0.3 is 5.97 Å². The number of thiazole rings is 1. The number of carboxylic acids is 1. The molecule has 0 radical (unpaired) electrons. The Kier molecular flexibility index (Phi) is 3.89. The number of aromatic nitrogens is 1. The van der Waals surface area contributed by atoms with Crippen molar-refractivity contribution in [3.05, 3.63) is 34.8 Å². The molecule has 8 heteroatoms. The van der Waals surface area contributed by atoms with E-state index in [4.69, 9.17) is 10.2 Å². The third kappa shape index (κ3) is 2.87. The summed E-state index contributed by atoms with van der Waals surface area (Å²) >= 11 is 1.28. The molecular formula is C12H12N2O4S2. The molecule has 0 unspecified atom stereocenters. The lowest BCUT2D eigenvalue weighted by Crippen LogP contribution is -2.11. The monoisotopic (exact) mass is 312 g/mol. The zero-order valence-electron chi connectivity index (χ0n) is 10.5. The fraction of sp³-hybridized carbons (Fsp3) is 0.167. The Morgan fingerprint density at radius 3 is 2.35 bits per heavy atom. The lowest BCUT2D eigenvalue weighted by atomic mass is 10.2. The van der Waals surface area contributed by atoms with Crippen LogP contribution in [0.2, 0.25) is 0 Å². The first kappa shape index (κ1) is 14.6. The van der Waals surface area contributed by atoms with Crippen molar-refractivity contribution < 1.29 is 18.3 Å². The molecule has 3 N–H and O–H groups in total. The van der Waals surface area contributed by atoms with E-state index in [9.17, 15) is 13.2 Å². The van der Waals surface area contributed by atoms with Gasteiger partial charge < -0.3 is 5.11 Å². The highest BCUT2D eigenvalue weighted by molar-refractivity contribution is 7.89. The van der Waals surface area contributed by atoms with Gasteiger partial charge in [-0.2, -0.15) is 0 Å². The summed E-state index contributed by atoms with van der Waals surface area (Å²) in [5.41, 5.74) is 0.702. The van der Waals surface area contributed by atoms with E-state index in [0.717, 1.165) is 0 Å². The second-order valence-electron chi connectivity index (χ2n) is 4.02. The summed E-state index contributed by atoms with van der Waals surface area (Å²) in [6.45, 7) is 1.85. The van der Waals surface area contributed by atoms with Crippen LogP contribution in [0, 0.1) is 0 Å². The molecule has 2 aromatic rings. The summed E-state index contributed by atoms with van der Waals surface area (Å²) in [4.78, 5) is 15.8. The first-order valence-electron chi connectivity index (χ1n) is 5.69. The Bertz CT molecular complexity index is 748. The van der Waals surface area contributed by atoms with Gasteiger partial charge in [0, 0.05) is 10.4 Å². The van der Waals surface area contributed by atoms with Crippen molar-refractivity contribution in [2.45, 2.75) is 18.2 Å². The van der Waals surface area contributed by atoms with E-state index in [1.54, 1.807) is 12.1 Å². The molecule has 1 aromatic heterocycles. The molecule has 0 bridgehead atoms. The number of nitrogens with two attached hydrogens (primary N) is 1. The molecule has 0 saturated carbocycles. The van der Waals surface area contributed by atoms with Crippen LogP contribution in [0.5, 0.6) is 0 Å². The van der Waals surface area contributed by atoms with Gasteiger partial charge in [-0.25, -0.2) is 23.3 Å². The average molecular weight is 312 g/mol. The minimum atomic E-state index is -3.73. The molecule has 106 valence electrons. The lowest BCUT2D eigenvalue weighted by molar-refractivity contribution is 0.0690. The highest BCUT2D eigenvalue weighted by Crippen LogP contribution is 2.29. The molecular weight excluding hydrogens is 300 g/mol. The number of nitrogens with zero attached hydrogens (tertiary/aromatic N) is 1. The van der Waals surface area contributed by atoms with Crippen LogP contribution in [0.15, 0.2) is 29.2 Å². The van der Waals surface area contributed by atoms with Crippen molar-refractivity contribution in [1.29, 1.82) is 0 Å². The number of aromatic carboxylic acids is 1. The molecule has 6 nitrogen and oxygen atoms in total. The molecule has 0 atom stereocenters. The summed E-state index contributed by atoms with van der Waals surface area (Å²) in [6.07, 6.45) is 0.578. The van der Waals surface area contributed by atoms with Crippen molar-refractivity contribution in [1.82, 2.24) is 4.98 Å². The number of sulfonamides is 1. The van der Waals surface area contributed by atoms with Crippen LogP contribution in [0.4, 0.5) is 0 Å². The van der Waals surface area contributed by atoms with E-state index in [0.29, 0.717) is 21.9 Å². The van der Waals surface area contributed by atoms with Crippen LogP contribution in [0.25, 0.3) is 10.6 Å². The van der Waals surface area contributed by atoms with Gasteiger partial charge in [-0.3, -0.25) is 0 Å². The zero-order chi connectivity index (χ0) is 14.9. The standard InChI is InChI=1S/C12H12N2O4S2/c1-2-9-10(12(15)16)14-11(19-9)7-3-5-8(6-4-7)20(13,17)18/h3-6H,2H2,1H3,(H,15,16)(H2,13,17,18). The quantitative estimate of drug-likeness (QED) is 0.893. The maximum atomic E-state index is 11.2. The van der Waals surface area contributed by atoms with Crippen LogP contribution in [-0.2, 0) is 16.4 Å². The number of rotatable bonds is 4. The van der Waals surface area contributed by atoms with Gasteiger partial charge in [0.15, 0.2) is 5.69 Å². The summed E-state index contributed by atoms with van der Waals surface area (Å²) in [6, 6.07) is 5.86. The van der Waals surface area contributed by atoms with Gasteiger partial charge in [-0.15, -0.1) is 11.3 Å². The summed E-state index contributed by atoms with van der Waals surface area (Å²) in [5, 5.41) is 14.6. The van der Waals surface area contributed by atoms with Crippen molar-refractivity contribution >= 4 is 27.3 Å². The van der Waals surface area contributed by atoms with Gasteiger partial charge in [0.05, 0.1) is 4.90 Å². The fourth-order valence-corrected chi connectivity index (χ4v) is 3.18. The summed E-state index contributed by atoms with van der Waals surface area (Å²) < 4.78 is 22.3. The first-order chi connectivity index (χ1) is 9.32. The second kappa shape index (κ2) is 5.31. The minimum absolute atomic E-state index is 0.00646. The van der Waals surface area contributed by atoms with Gasteiger partial charge in [-0.05, 0) is 18.6 Å². The summed E-state index contributed by atoms with van der Waals surface area (Å²) in [7, 11) is -3.73. The lowest BCUT2D eigenvalue weighted by Gasteiger charge is -1.99. The van der Waals surface area contributed by atoms with E-state index in [2.05, 4.69) is 4.98 Å². The topological polar surface area (TPSA) is 110 Å². The van der Waals surface area contributed by atoms with Crippen molar-refractivity contribution in [2.75, 3.05) is 0 Å². The molecule has 0 spiro atoms. The molecule has 1 aromatic carbocycles. The number of hydrogen-bond donors (Lipinski definition) is 2. The van der Waals surface area contributed by atoms with Crippen LogP contribution in [-0.4, -0.2) is 24.5 Å². The zero-order valence-corrected chi connectivity index (χ0v) is 12.2. The SMILES string of the molecule is CCc1sc(-c2ccc(S(N)(=O)=O)cc2)nc1C(=O)O. The summed E-state index contributed by atoms with van der Waals surface area (Å²) in [5.74, 6) is -1.06.